The minimum Gasteiger partial charge on any atom is -0.473 e. The number of amides is 1. The molecule has 1 amide bonds. The molecule has 0 aliphatic carbocycles. The fraction of sp³-hybridized carbons (Fsp3) is 0.700. The Bertz CT molecular complexity index is 386. The van der Waals surface area contributed by atoms with Crippen LogP contribution in [0.5, 0.6) is 5.88 Å². The van der Waals surface area contributed by atoms with Crippen LogP contribution in [0, 0.1) is 0 Å². The third kappa shape index (κ3) is 3.37. The average Bonchev–Trinajstić information content (AvgIpc) is 2.97. The SMILES string of the molecule is CN1CCC(NCC(O)COc2cnsn2)C1=O. The van der Waals surface area contributed by atoms with Crippen LogP contribution in [-0.2, 0) is 4.79 Å². The molecule has 18 heavy (non-hydrogen) atoms. The van der Waals surface area contributed by atoms with Crippen LogP contribution in [0.3, 0.4) is 0 Å². The normalized spacial score (nSPS) is 21.3. The number of ether oxygens (including phenoxy) is 1. The molecule has 7 nitrogen and oxygen atoms in total. The van der Waals surface area contributed by atoms with Crippen molar-refractivity contribution >= 4 is 17.6 Å². The van der Waals surface area contributed by atoms with Crippen molar-refractivity contribution in [3.63, 3.8) is 0 Å². The zero-order valence-corrected chi connectivity index (χ0v) is 10.9. The van der Waals surface area contributed by atoms with Gasteiger partial charge in [-0.05, 0) is 6.42 Å². The highest BCUT2D eigenvalue weighted by Gasteiger charge is 2.28. The highest BCUT2D eigenvalue weighted by molar-refractivity contribution is 6.99. The zero-order valence-electron chi connectivity index (χ0n) is 10.1. The molecular weight excluding hydrogens is 256 g/mol. The maximum absolute atomic E-state index is 11.6. The van der Waals surface area contributed by atoms with E-state index in [1.807, 2.05) is 0 Å². The monoisotopic (exact) mass is 272 g/mol. The smallest absolute Gasteiger partial charge is 0.245 e. The molecule has 2 N–H and O–H groups in total. The molecule has 1 fully saturated rings. The van der Waals surface area contributed by atoms with Gasteiger partial charge in [-0.2, -0.15) is 4.37 Å². The summed E-state index contributed by atoms with van der Waals surface area (Å²) >= 11 is 1.05. The van der Waals surface area contributed by atoms with Gasteiger partial charge in [-0.15, -0.1) is 4.37 Å². The summed E-state index contributed by atoms with van der Waals surface area (Å²) < 4.78 is 12.9. The van der Waals surface area contributed by atoms with Gasteiger partial charge in [0.1, 0.15) is 18.9 Å². The second-order valence-corrected chi connectivity index (χ2v) is 4.78. The minimum atomic E-state index is -0.676. The predicted octanol–water partition coefficient (Wildman–Crippen LogP) is -0.902. The molecule has 1 aliphatic heterocycles. The Kier molecular flexibility index (Phi) is 4.45. The van der Waals surface area contributed by atoms with Crippen molar-refractivity contribution in [3.8, 4) is 5.88 Å². The van der Waals surface area contributed by atoms with Crippen LogP contribution in [0.15, 0.2) is 6.20 Å². The number of rotatable bonds is 6. The van der Waals surface area contributed by atoms with Crippen LogP contribution in [0.25, 0.3) is 0 Å². The van der Waals surface area contributed by atoms with Crippen LogP contribution in [0.1, 0.15) is 6.42 Å². The second-order valence-electron chi connectivity index (χ2n) is 4.22. The van der Waals surface area contributed by atoms with Crippen LogP contribution in [0.4, 0.5) is 0 Å². The summed E-state index contributed by atoms with van der Waals surface area (Å²) in [5.41, 5.74) is 0. The van der Waals surface area contributed by atoms with Gasteiger partial charge in [0.05, 0.1) is 17.8 Å². The number of aliphatic hydroxyl groups is 1. The van der Waals surface area contributed by atoms with Crippen LogP contribution >= 0.6 is 11.7 Å². The third-order valence-corrected chi connectivity index (χ3v) is 3.25. The third-order valence-electron chi connectivity index (χ3n) is 2.79. The minimum absolute atomic E-state index is 0.0758. The molecule has 2 rings (SSSR count). The number of hydrogen-bond acceptors (Lipinski definition) is 7. The topological polar surface area (TPSA) is 87.6 Å². The van der Waals surface area contributed by atoms with Crippen LogP contribution in [0.2, 0.25) is 0 Å². The molecule has 0 aromatic carbocycles. The van der Waals surface area contributed by atoms with Gasteiger partial charge >= 0.3 is 0 Å². The van der Waals surface area contributed by atoms with Gasteiger partial charge in [0, 0.05) is 20.1 Å². The molecule has 2 atom stereocenters. The average molecular weight is 272 g/mol. The molecular formula is C10H16N4O3S. The molecule has 100 valence electrons. The van der Waals surface area contributed by atoms with Gasteiger partial charge in [0.15, 0.2) is 0 Å². The first-order chi connectivity index (χ1) is 8.66. The quantitative estimate of drug-likeness (QED) is 0.698. The Balaban J connectivity index is 1.66. The van der Waals surface area contributed by atoms with Crippen molar-refractivity contribution in [1.82, 2.24) is 19.0 Å². The van der Waals surface area contributed by atoms with Gasteiger partial charge in [0.25, 0.3) is 0 Å². The lowest BCUT2D eigenvalue weighted by Gasteiger charge is -2.15. The van der Waals surface area contributed by atoms with Crippen molar-refractivity contribution in [3.05, 3.63) is 6.20 Å². The Labute approximate surface area is 109 Å². The van der Waals surface area contributed by atoms with E-state index in [4.69, 9.17) is 4.74 Å². The molecule has 0 bridgehead atoms. The van der Waals surface area contributed by atoms with Crippen molar-refractivity contribution in [2.75, 3.05) is 26.7 Å². The van der Waals surface area contributed by atoms with Gasteiger partial charge in [-0.3, -0.25) is 4.79 Å². The number of aliphatic hydroxyl groups excluding tert-OH is 1. The van der Waals surface area contributed by atoms with Crippen molar-refractivity contribution in [2.45, 2.75) is 18.6 Å². The summed E-state index contributed by atoms with van der Waals surface area (Å²) in [6.45, 7) is 1.21. The van der Waals surface area contributed by atoms with E-state index in [0.717, 1.165) is 24.7 Å². The van der Waals surface area contributed by atoms with E-state index in [1.54, 1.807) is 11.9 Å². The summed E-state index contributed by atoms with van der Waals surface area (Å²) in [5.74, 6) is 0.488. The molecule has 2 heterocycles. The lowest BCUT2D eigenvalue weighted by molar-refractivity contribution is -0.128. The van der Waals surface area contributed by atoms with E-state index in [-0.39, 0.29) is 18.6 Å². The lowest BCUT2D eigenvalue weighted by Crippen LogP contribution is -2.42. The first-order valence-electron chi connectivity index (χ1n) is 5.73. The zero-order chi connectivity index (χ0) is 13.0. The van der Waals surface area contributed by atoms with Gasteiger partial charge in [0.2, 0.25) is 11.8 Å². The first kappa shape index (κ1) is 13.2. The van der Waals surface area contributed by atoms with E-state index in [9.17, 15) is 9.90 Å². The fourth-order valence-corrected chi connectivity index (χ4v) is 2.12. The Morgan fingerprint density at radius 1 is 1.78 bits per heavy atom. The van der Waals surface area contributed by atoms with Gasteiger partial charge in [-0.1, -0.05) is 0 Å². The summed E-state index contributed by atoms with van der Waals surface area (Å²) in [7, 11) is 1.78. The molecule has 0 spiro atoms. The summed E-state index contributed by atoms with van der Waals surface area (Å²) in [5, 5.41) is 12.7. The number of aromatic nitrogens is 2. The predicted molar refractivity (Wildman–Crippen MR) is 65.5 cm³/mol. The van der Waals surface area contributed by atoms with E-state index < -0.39 is 6.10 Å². The standard InChI is InChI=1S/C10H16N4O3S/c1-14-3-2-8(10(14)16)11-4-7(15)6-17-9-5-12-18-13-9/h5,7-8,11,15H,2-4,6H2,1H3. The first-order valence-corrected chi connectivity index (χ1v) is 6.46. The Morgan fingerprint density at radius 3 is 3.22 bits per heavy atom. The molecule has 1 aliphatic rings. The molecule has 1 saturated heterocycles. The van der Waals surface area contributed by atoms with Crippen molar-refractivity contribution in [1.29, 1.82) is 0 Å². The van der Waals surface area contributed by atoms with Gasteiger partial charge < -0.3 is 20.1 Å². The number of nitrogens with one attached hydrogen (secondary N) is 1. The number of likely N-dealkylation sites (N-methyl/N-ethyl adjacent to an activating group) is 1. The maximum Gasteiger partial charge on any atom is 0.245 e. The highest BCUT2D eigenvalue weighted by atomic mass is 32.1. The Hall–Kier alpha value is -1.25. The number of carbonyl (C=O) groups excluding carboxylic acids is 1. The number of carbonyl (C=O) groups is 1. The fourth-order valence-electron chi connectivity index (χ4n) is 1.75. The molecule has 0 saturated carbocycles. The highest BCUT2D eigenvalue weighted by Crippen LogP contribution is 2.08. The van der Waals surface area contributed by atoms with Crippen molar-refractivity contribution < 1.29 is 14.6 Å². The lowest BCUT2D eigenvalue weighted by atomic mass is 10.2. The van der Waals surface area contributed by atoms with E-state index in [0.29, 0.717) is 12.4 Å². The van der Waals surface area contributed by atoms with Crippen molar-refractivity contribution in [2.24, 2.45) is 0 Å². The van der Waals surface area contributed by atoms with E-state index in [2.05, 4.69) is 14.1 Å². The van der Waals surface area contributed by atoms with Crippen LogP contribution in [-0.4, -0.2) is 63.6 Å². The maximum atomic E-state index is 11.6. The summed E-state index contributed by atoms with van der Waals surface area (Å²) in [6.07, 6.45) is 1.60. The number of hydrogen-bond donors (Lipinski definition) is 2. The molecule has 1 aromatic rings. The van der Waals surface area contributed by atoms with E-state index in [1.165, 1.54) is 6.20 Å². The van der Waals surface area contributed by atoms with E-state index >= 15 is 0 Å². The number of nitrogens with zero attached hydrogens (tertiary/aromatic N) is 3. The summed E-state index contributed by atoms with van der Waals surface area (Å²) in [4.78, 5) is 13.3. The number of likely N-dealkylation sites (tertiary alicyclic amines) is 1. The summed E-state index contributed by atoms with van der Waals surface area (Å²) in [6, 6.07) is -0.189. The molecule has 1 aromatic heterocycles. The molecule has 2 unspecified atom stereocenters. The van der Waals surface area contributed by atoms with Crippen LogP contribution < -0.4 is 10.1 Å². The largest absolute Gasteiger partial charge is 0.473 e. The molecule has 8 heteroatoms. The second kappa shape index (κ2) is 6.07. The molecule has 0 radical (unpaired) electrons. The Morgan fingerprint density at radius 2 is 2.61 bits per heavy atom. The van der Waals surface area contributed by atoms with Gasteiger partial charge in [-0.25, -0.2) is 0 Å².